The van der Waals surface area contributed by atoms with Gasteiger partial charge in [-0.3, -0.25) is 14.3 Å². The van der Waals surface area contributed by atoms with Crippen LogP contribution in [-0.2, 0) is 23.1 Å². The molecule has 1 aromatic rings. The lowest BCUT2D eigenvalue weighted by atomic mass is 9.90. The molecule has 1 aromatic heterocycles. The van der Waals surface area contributed by atoms with Crippen molar-refractivity contribution in [3.05, 3.63) is 17.0 Å². The van der Waals surface area contributed by atoms with Gasteiger partial charge in [0, 0.05) is 32.3 Å². The highest BCUT2D eigenvalue weighted by Gasteiger charge is 2.41. The molecule has 1 fully saturated rings. The number of aliphatic carboxylic acids is 1. The fraction of sp³-hybridized carbons (Fsp3) is 0.667. The van der Waals surface area contributed by atoms with E-state index in [1.807, 2.05) is 25.6 Å². The van der Waals surface area contributed by atoms with Gasteiger partial charge in [-0.1, -0.05) is 0 Å². The average molecular weight is 293 g/mol. The Bertz CT molecular complexity index is 579. The van der Waals surface area contributed by atoms with Crippen molar-refractivity contribution in [2.24, 2.45) is 12.5 Å². The van der Waals surface area contributed by atoms with E-state index in [-0.39, 0.29) is 5.91 Å². The smallest absolute Gasteiger partial charge is 0.311 e. The fourth-order valence-corrected chi connectivity index (χ4v) is 2.92. The maximum absolute atomic E-state index is 12.3. The number of likely N-dealkylation sites (tertiary alicyclic amines) is 1. The van der Waals surface area contributed by atoms with E-state index in [1.54, 1.807) is 11.8 Å². The average Bonchev–Trinajstić information content (AvgIpc) is 2.91. The van der Waals surface area contributed by atoms with Crippen molar-refractivity contribution in [1.29, 1.82) is 0 Å². The maximum atomic E-state index is 12.3. The highest BCUT2D eigenvalue weighted by molar-refractivity contribution is 5.80. The van der Waals surface area contributed by atoms with E-state index in [2.05, 4.69) is 5.10 Å². The maximum Gasteiger partial charge on any atom is 0.311 e. The molecule has 0 aliphatic carbocycles. The largest absolute Gasteiger partial charge is 0.481 e. The van der Waals surface area contributed by atoms with Crippen LogP contribution in [0.1, 0.15) is 36.7 Å². The van der Waals surface area contributed by atoms with Crippen molar-refractivity contribution in [2.75, 3.05) is 13.1 Å². The van der Waals surface area contributed by atoms with E-state index in [1.165, 1.54) is 0 Å². The molecule has 1 N–H and O–H groups in total. The van der Waals surface area contributed by atoms with Crippen molar-refractivity contribution in [2.45, 2.75) is 40.0 Å². The van der Waals surface area contributed by atoms with Gasteiger partial charge in [0.2, 0.25) is 5.91 Å². The SMILES string of the molecule is Cc1nn(C)c(C)c1CCC(=O)N1CC[C@@](C)(C(=O)O)C1. The summed E-state index contributed by atoms with van der Waals surface area (Å²) in [7, 11) is 1.90. The number of rotatable bonds is 4. The molecule has 0 saturated carbocycles. The molecule has 1 amide bonds. The Morgan fingerprint density at radius 2 is 2.05 bits per heavy atom. The lowest BCUT2D eigenvalue weighted by Gasteiger charge is -2.20. The molecule has 2 heterocycles. The molecule has 1 atom stereocenters. The molecule has 116 valence electrons. The Labute approximate surface area is 124 Å². The molecule has 0 spiro atoms. The number of carbonyl (C=O) groups is 2. The predicted molar refractivity (Wildman–Crippen MR) is 77.9 cm³/mol. The fourth-order valence-electron chi connectivity index (χ4n) is 2.92. The third-order valence-electron chi connectivity index (χ3n) is 4.59. The zero-order valence-corrected chi connectivity index (χ0v) is 13.1. The summed E-state index contributed by atoms with van der Waals surface area (Å²) in [5.41, 5.74) is 2.36. The standard InChI is InChI=1S/C15H23N3O3/c1-10-12(11(2)17(4)16-10)5-6-13(19)18-8-7-15(3,9-18)14(20)21/h5-9H2,1-4H3,(H,20,21)/t15-/m1/s1. The minimum absolute atomic E-state index is 0.0302. The van der Waals surface area contributed by atoms with Gasteiger partial charge in [0.15, 0.2) is 0 Å². The number of aryl methyl sites for hydroxylation is 2. The summed E-state index contributed by atoms with van der Waals surface area (Å²) in [6.45, 7) is 6.50. The van der Waals surface area contributed by atoms with Gasteiger partial charge in [-0.2, -0.15) is 5.10 Å². The van der Waals surface area contributed by atoms with Crippen molar-refractivity contribution in [3.63, 3.8) is 0 Å². The van der Waals surface area contributed by atoms with Crippen molar-refractivity contribution in [1.82, 2.24) is 14.7 Å². The Hall–Kier alpha value is -1.85. The van der Waals surface area contributed by atoms with E-state index >= 15 is 0 Å². The highest BCUT2D eigenvalue weighted by atomic mass is 16.4. The summed E-state index contributed by atoms with van der Waals surface area (Å²) in [4.78, 5) is 25.2. The Balaban J connectivity index is 1.96. The number of nitrogens with zero attached hydrogens (tertiary/aromatic N) is 3. The van der Waals surface area contributed by atoms with Crippen LogP contribution >= 0.6 is 0 Å². The van der Waals surface area contributed by atoms with E-state index in [0.29, 0.717) is 32.4 Å². The van der Waals surface area contributed by atoms with Gasteiger partial charge in [0.05, 0.1) is 11.1 Å². The molecule has 6 heteroatoms. The second-order valence-electron chi connectivity index (χ2n) is 6.20. The van der Waals surface area contributed by atoms with Gasteiger partial charge in [0.25, 0.3) is 0 Å². The number of carboxylic acid groups (broad SMARTS) is 1. The Morgan fingerprint density at radius 3 is 2.52 bits per heavy atom. The van der Waals surface area contributed by atoms with E-state index in [9.17, 15) is 14.7 Å². The Kier molecular flexibility index (Phi) is 4.07. The summed E-state index contributed by atoms with van der Waals surface area (Å²) >= 11 is 0. The second-order valence-corrected chi connectivity index (χ2v) is 6.20. The summed E-state index contributed by atoms with van der Waals surface area (Å²) in [6.07, 6.45) is 1.59. The first kappa shape index (κ1) is 15.5. The lowest BCUT2D eigenvalue weighted by molar-refractivity contribution is -0.147. The van der Waals surface area contributed by atoms with Crippen LogP contribution in [0, 0.1) is 19.3 Å². The van der Waals surface area contributed by atoms with Crippen LogP contribution < -0.4 is 0 Å². The first-order valence-electron chi connectivity index (χ1n) is 7.25. The van der Waals surface area contributed by atoms with Crippen LogP contribution in [0.5, 0.6) is 0 Å². The third kappa shape index (κ3) is 2.94. The normalized spacial score (nSPS) is 21.8. The summed E-state index contributed by atoms with van der Waals surface area (Å²) in [5, 5.41) is 13.6. The molecular weight excluding hydrogens is 270 g/mol. The molecule has 0 radical (unpaired) electrons. The number of amides is 1. The number of hydrogen-bond acceptors (Lipinski definition) is 3. The molecule has 2 rings (SSSR count). The van der Waals surface area contributed by atoms with E-state index in [0.717, 1.165) is 17.0 Å². The lowest BCUT2D eigenvalue weighted by Crippen LogP contribution is -2.35. The van der Waals surface area contributed by atoms with Crippen LogP contribution in [0.4, 0.5) is 0 Å². The first-order chi connectivity index (χ1) is 9.74. The minimum atomic E-state index is -0.822. The first-order valence-corrected chi connectivity index (χ1v) is 7.25. The van der Waals surface area contributed by atoms with Gasteiger partial charge in [-0.25, -0.2) is 0 Å². The summed E-state index contributed by atoms with van der Waals surface area (Å²) in [6, 6.07) is 0. The quantitative estimate of drug-likeness (QED) is 0.907. The van der Waals surface area contributed by atoms with Crippen LogP contribution in [0.15, 0.2) is 0 Å². The van der Waals surface area contributed by atoms with Crippen molar-refractivity contribution >= 4 is 11.9 Å². The van der Waals surface area contributed by atoms with Gasteiger partial charge < -0.3 is 10.0 Å². The van der Waals surface area contributed by atoms with Crippen LogP contribution in [-0.4, -0.2) is 44.8 Å². The molecule has 0 bridgehead atoms. The van der Waals surface area contributed by atoms with Crippen LogP contribution in [0.2, 0.25) is 0 Å². The van der Waals surface area contributed by atoms with Crippen LogP contribution in [0.25, 0.3) is 0 Å². The number of hydrogen-bond donors (Lipinski definition) is 1. The zero-order chi connectivity index (χ0) is 15.8. The molecule has 0 aromatic carbocycles. The molecule has 21 heavy (non-hydrogen) atoms. The third-order valence-corrected chi connectivity index (χ3v) is 4.59. The second kappa shape index (κ2) is 5.50. The van der Waals surface area contributed by atoms with E-state index in [4.69, 9.17) is 0 Å². The van der Waals surface area contributed by atoms with E-state index < -0.39 is 11.4 Å². The van der Waals surface area contributed by atoms with Gasteiger partial charge >= 0.3 is 5.97 Å². The van der Waals surface area contributed by atoms with Gasteiger partial charge in [-0.05, 0) is 39.2 Å². The molecular formula is C15H23N3O3. The summed E-state index contributed by atoms with van der Waals surface area (Å²) < 4.78 is 1.83. The van der Waals surface area contributed by atoms with Gasteiger partial charge in [0.1, 0.15) is 0 Å². The zero-order valence-electron chi connectivity index (χ0n) is 13.1. The number of carboxylic acids is 1. The monoisotopic (exact) mass is 293 g/mol. The van der Waals surface area contributed by atoms with Gasteiger partial charge in [-0.15, -0.1) is 0 Å². The predicted octanol–water partition coefficient (Wildman–Crippen LogP) is 1.29. The molecule has 1 aliphatic rings. The molecule has 6 nitrogen and oxygen atoms in total. The van der Waals surface area contributed by atoms with Crippen LogP contribution in [0.3, 0.4) is 0 Å². The number of aromatic nitrogens is 2. The molecule has 1 aliphatic heterocycles. The minimum Gasteiger partial charge on any atom is -0.481 e. The van der Waals surface area contributed by atoms with Crippen molar-refractivity contribution < 1.29 is 14.7 Å². The highest BCUT2D eigenvalue weighted by Crippen LogP contribution is 2.30. The number of carbonyl (C=O) groups excluding carboxylic acids is 1. The molecule has 0 unspecified atom stereocenters. The topological polar surface area (TPSA) is 75.4 Å². The summed E-state index contributed by atoms with van der Waals surface area (Å²) in [5.74, 6) is -0.792. The Morgan fingerprint density at radius 1 is 1.38 bits per heavy atom. The van der Waals surface area contributed by atoms with Crippen molar-refractivity contribution in [3.8, 4) is 0 Å². The molecule has 1 saturated heterocycles.